The predicted molar refractivity (Wildman–Crippen MR) is 160 cm³/mol. The van der Waals surface area contributed by atoms with Crippen molar-refractivity contribution in [2.45, 2.75) is 109 Å². The van der Waals surface area contributed by atoms with Crippen LogP contribution in [0.4, 0.5) is 4.79 Å². The molecule has 1 saturated heterocycles. The number of aryl methyl sites for hydroxylation is 1. The largest absolute Gasteiger partial charge is 0.497 e. The van der Waals surface area contributed by atoms with Gasteiger partial charge in [0.05, 0.1) is 30.7 Å². The van der Waals surface area contributed by atoms with E-state index in [0.29, 0.717) is 29.5 Å². The molecule has 0 radical (unpaired) electrons. The van der Waals surface area contributed by atoms with Gasteiger partial charge in [-0.25, -0.2) is 14.8 Å². The van der Waals surface area contributed by atoms with Crippen molar-refractivity contribution in [2.24, 2.45) is 17.3 Å². The number of hydrogen-bond donors (Lipinski definition) is 1. The maximum absolute atomic E-state index is 14.3. The standard InChI is InChI=1S/C33H44N4O6/c1-20-26(19-38)37-18-28(20)42-30-24(34-23-13-12-22(41-3)17-25(23)35-30)11-7-4-6-10-21-16-27(21)43-32(40)36-29(31(37)39)33(2)14-8-5-9-15-33/h12-13,17,19-21,26-29H,4-11,14-16,18H2,1-3H3,(H,36,40)/t20-,21+,26+,27+,28-,29+/m0/s1. The molecule has 6 rings (SSSR count). The number of nitrogens with zero attached hydrogens (tertiary/aromatic N) is 3. The number of alkyl carbamates (subject to hydrolysis) is 1. The van der Waals surface area contributed by atoms with E-state index in [-0.39, 0.29) is 24.5 Å². The Morgan fingerprint density at radius 3 is 2.58 bits per heavy atom. The second-order valence-electron chi connectivity index (χ2n) is 13.3. The number of ether oxygens (including phenoxy) is 3. The molecule has 2 amide bonds. The van der Waals surface area contributed by atoms with Crippen molar-refractivity contribution < 1.29 is 28.6 Å². The smallest absolute Gasteiger partial charge is 0.408 e. The van der Waals surface area contributed by atoms with Crippen molar-refractivity contribution in [3.8, 4) is 11.6 Å². The van der Waals surface area contributed by atoms with E-state index in [9.17, 15) is 14.4 Å². The Balaban J connectivity index is 1.34. The number of aromatic nitrogens is 2. The van der Waals surface area contributed by atoms with E-state index in [2.05, 4.69) is 12.2 Å². The molecule has 0 spiro atoms. The molecule has 1 N–H and O–H groups in total. The number of carbonyl (C=O) groups excluding carboxylic acids is 3. The molecule has 4 aliphatic rings. The molecule has 10 heteroatoms. The topological polar surface area (TPSA) is 120 Å². The number of benzene rings is 1. The van der Waals surface area contributed by atoms with Gasteiger partial charge >= 0.3 is 6.09 Å². The number of nitrogens with one attached hydrogen (secondary N) is 1. The second kappa shape index (κ2) is 12.3. The number of amides is 2. The lowest BCUT2D eigenvalue weighted by Crippen LogP contribution is -2.58. The number of rotatable bonds is 3. The summed E-state index contributed by atoms with van der Waals surface area (Å²) in [4.78, 5) is 51.4. The van der Waals surface area contributed by atoms with Gasteiger partial charge in [0.2, 0.25) is 11.8 Å². The first-order chi connectivity index (χ1) is 20.8. The van der Waals surface area contributed by atoms with Gasteiger partial charge in [0.25, 0.3) is 0 Å². The van der Waals surface area contributed by atoms with Crippen LogP contribution in [0.25, 0.3) is 11.0 Å². The van der Waals surface area contributed by atoms with E-state index in [1.807, 2.05) is 25.1 Å². The Morgan fingerprint density at radius 2 is 1.81 bits per heavy atom. The Hall–Kier alpha value is -3.43. The van der Waals surface area contributed by atoms with Gasteiger partial charge in [0.1, 0.15) is 36.0 Å². The lowest BCUT2D eigenvalue weighted by atomic mass is 9.70. The Kier molecular flexibility index (Phi) is 8.47. The maximum Gasteiger partial charge on any atom is 0.408 e. The number of fused-ring (bicyclic) bond motifs is 5. The summed E-state index contributed by atoms with van der Waals surface area (Å²) in [6.45, 7) is 4.23. The average Bonchev–Trinajstić information content (AvgIpc) is 3.66. The third-order valence-corrected chi connectivity index (χ3v) is 10.3. The minimum absolute atomic E-state index is 0.101. The maximum atomic E-state index is 14.3. The van der Waals surface area contributed by atoms with Crippen LogP contribution < -0.4 is 14.8 Å². The van der Waals surface area contributed by atoms with Crippen LogP contribution in [0.1, 0.15) is 83.7 Å². The first-order valence-electron chi connectivity index (χ1n) is 16.0. The molecule has 10 nitrogen and oxygen atoms in total. The molecule has 2 saturated carbocycles. The third kappa shape index (κ3) is 6.15. The molecular weight excluding hydrogens is 548 g/mol. The van der Waals surface area contributed by atoms with Crippen LogP contribution in [-0.2, 0) is 20.7 Å². The van der Waals surface area contributed by atoms with Crippen LogP contribution in [0.15, 0.2) is 18.2 Å². The zero-order chi connectivity index (χ0) is 30.1. The van der Waals surface area contributed by atoms with Crippen LogP contribution >= 0.6 is 0 Å². The second-order valence-corrected chi connectivity index (χ2v) is 13.3. The molecule has 232 valence electrons. The minimum atomic E-state index is -0.784. The Morgan fingerprint density at radius 1 is 1.02 bits per heavy atom. The average molecular weight is 593 g/mol. The lowest BCUT2D eigenvalue weighted by molar-refractivity contribution is -0.140. The summed E-state index contributed by atoms with van der Waals surface area (Å²) in [5, 5.41) is 2.98. The zero-order valence-corrected chi connectivity index (χ0v) is 25.5. The molecular formula is C33H44N4O6. The summed E-state index contributed by atoms with van der Waals surface area (Å²) in [5.74, 6) is 0.952. The molecule has 6 atom stereocenters. The highest BCUT2D eigenvalue weighted by molar-refractivity contribution is 5.89. The van der Waals surface area contributed by atoms with E-state index in [0.717, 1.165) is 81.7 Å². The molecule has 2 aliphatic carbocycles. The molecule has 2 bridgehead atoms. The van der Waals surface area contributed by atoms with E-state index >= 15 is 0 Å². The van der Waals surface area contributed by atoms with Gasteiger partial charge in [-0.2, -0.15) is 0 Å². The van der Waals surface area contributed by atoms with Crippen LogP contribution in [0, 0.1) is 17.3 Å². The lowest BCUT2D eigenvalue weighted by Gasteiger charge is -2.41. The molecule has 0 unspecified atom stereocenters. The number of methoxy groups -OCH3 is 1. The van der Waals surface area contributed by atoms with Crippen LogP contribution in [0.3, 0.4) is 0 Å². The number of aldehydes is 1. The Labute approximate surface area is 253 Å². The quantitative estimate of drug-likeness (QED) is 0.495. The van der Waals surface area contributed by atoms with Gasteiger partial charge in [-0.15, -0.1) is 0 Å². The van der Waals surface area contributed by atoms with Gasteiger partial charge in [-0.05, 0) is 62.0 Å². The monoisotopic (exact) mass is 592 g/mol. The molecule has 2 aliphatic heterocycles. The van der Waals surface area contributed by atoms with Crippen molar-refractivity contribution in [1.82, 2.24) is 20.2 Å². The van der Waals surface area contributed by atoms with Gasteiger partial charge in [0, 0.05) is 12.0 Å². The molecule has 2 aromatic rings. The van der Waals surface area contributed by atoms with Crippen molar-refractivity contribution in [3.63, 3.8) is 0 Å². The highest BCUT2D eigenvalue weighted by Gasteiger charge is 2.50. The summed E-state index contributed by atoms with van der Waals surface area (Å²) >= 11 is 0. The molecule has 1 aromatic heterocycles. The molecule has 3 heterocycles. The van der Waals surface area contributed by atoms with E-state index in [1.165, 1.54) is 0 Å². The normalized spacial score (nSPS) is 31.4. The first kappa shape index (κ1) is 29.6. The van der Waals surface area contributed by atoms with Gasteiger partial charge in [0.15, 0.2) is 0 Å². The van der Waals surface area contributed by atoms with Crippen molar-refractivity contribution in [2.75, 3.05) is 13.7 Å². The van der Waals surface area contributed by atoms with Crippen molar-refractivity contribution in [3.05, 3.63) is 23.9 Å². The number of hydrogen-bond acceptors (Lipinski definition) is 8. The fraction of sp³-hybridized carbons (Fsp3) is 0.667. The summed E-state index contributed by atoms with van der Waals surface area (Å²) in [6, 6.07) is 4.15. The third-order valence-electron chi connectivity index (χ3n) is 10.3. The van der Waals surface area contributed by atoms with Crippen LogP contribution in [0.2, 0.25) is 0 Å². The van der Waals surface area contributed by atoms with E-state index < -0.39 is 29.7 Å². The fourth-order valence-corrected chi connectivity index (χ4v) is 7.33. The zero-order valence-electron chi connectivity index (χ0n) is 25.5. The van der Waals surface area contributed by atoms with E-state index in [1.54, 1.807) is 12.0 Å². The summed E-state index contributed by atoms with van der Waals surface area (Å²) in [7, 11) is 1.62. The summed E-state index contributed by atoms with van der Waals surface area (Å²) < 4.78 is 17.8. The predicted octanol–water partition coefficient (Wildman–Crippen LogP) is 5.00. The van der Waals surface area contributed by atoms with E-state index in [4.69, 9.17) is 24.2 Å². The SMILES string of the molecule is COc1ccc2nc3c(nc2c1)O[C@H]1CN(C(=O)[C@H](C2(C)CCCCC2)NC(=O)O[C@@H]2C[C@H]2CCCCC3)[C@H](C=O)[C@@H]1C. The molecule has 3 fully saturated rings. The fourth-order valence-electron chi connectivity index (χ4n) is 7.33. The van der Waals surface area contributed by atoms with Gasteiger partial charge in [-0.3, -0.25) is 4.79 Å². The van der Waals surface area contributed by atoms with Crippen molar-refractivity contribution >= 4 is 29.3 Å². The minimum Gasteiger partial charge on any atom is -0.497 e. The molecule has 1 aromatic carbocycles. The van der Waals surface area contributed by atoms with Gasteiger partial charge in [-0.1, -0.05) is 46.0 Å². The van der Waals surface area contributed by atoms with Gasteiger partial charge < -0.3 is 29.2 Å². The number of carbonyl (C=O) groups is 3. The highest BCUT2D eigenvalue weighted by atomic mass is 16.6. The summed E-state index contributed by atoms with van der Waals surface area (Å²) in [6.07, 6.45) is 10.0. The Bertz CT molecular complexity index is 1360. The van der Waals surface area contributed by atoms with Crippen LogP contribution in [0.5, 0.6) is 11.6 Å². The summed E-state index contributed by atoms with van der Waals surface area (Å²) in [5.41, 5.74) is 1.79. The van der Waals surface area contributed by atoms with Crippen LogP contribution in [-0.4, -0.2) is 71.1 Å². The first-order valence-corrected chi connectivity index (χ1v) is 16.0. The highest BCUT2D eigenvalue weighted by Crippen LogP contribution is 2.42. The van der Waals surface area contributed by atoms with Crippen molar-refractivity contribution in [1.29, 1.82) is 0 Å². The molecule has 43 heavy (non-hydrogen) atoms.